The van der Waals surface area contributed by atoms with Gasteiger partial charge in [-0.2, -0.15) is 0 Å². The van der Waals surface area contributed by atoms with E-state index in [0.717, 1.165) is 12.8 Å². The van der Waals surface area contributed by atoms with E-state index in [0.29, 0.717) is 6.61 Å². The van der Waals surface area contributed by atoms with E-state index in [1.165, 1.54) is 89.9 Å². The molecule has 0 aromatic heterocycles. The Morgan fingerprint density at radius 3 is 1.17 bits per heavy atom. The van der Waals surface area contributed by atoms with Crippen LogP contribution in [0.5, 0.6) is 0 Å². The molecule has 0 unspecified atom stereocenters. The Morgan fingerprint density at radius 2 is 0.870 bits per heavy atom. The zero-order valence-corrected chi connectivity index (χ0v) is 15.6. The van der Waals surface area contributed by atoms with Gasteiger partial charge in [-0.3, -0.25) is 4.18 Å². The van der Waals surface area contributed by atoms with Gasteiger partial charge in [-0.1, -0.05) is 103 Å². The van der Waals surface area contributed by atoms with Crippen molar-refractivity contribution in [1.29, 1.82) is 0 Å². The van der Waals surface area contributed by atoms with Crippen LogP contribution in [-0.2, 0) is 15.2 Å². The van der Waals surface area contributed by atoms with Gasteiger partial charge >= 0.3 is 51.4 Å². The van der Waals surface area contributed by atoms with Crippen LogP contribution < -0.4 is 0 Å². The van der Waals surface area contributed by atoms with E-state index >= 15 is 0 Å². The van der Waals surface area contributed by atoms with E-state index < -0.39 is 11.0 Å². The van der Waals surface area contributed by atoms with E-state index in [1.54, 1.807) is 0 Å². The van der Waals surface area contributed by atoms with Gasteiger partial charge in [0.1, 0.15) is 0 Å². The van der Waals surface area contributed by atoms with Crippen LogP contribution >= 0.6 is 0 Å². The average Bonchev–Trinajstić information content (AvgIpc) is 2.50. The van der Waals surface area contributed by atoms with Crippen molar-refractivity contribution >= 4 is 62.4 Å². The number of unbranched alkanes of at least 4 members (excludes halogenated alkanes) is 15. The molecule has 0 radical (unpaired) electrons. The van der Waals surface area contributed by atoms with Crippen LogP contribution in [0.2, 0.25) is 0 Å². The van der Waals surface area contributed by atoms with Crippen molar-refractivity contribution in [3.63, 3.8) is 0 Å². The second kappa shape index (κ2) is 23.5. The monoisotopic (exact) mass is 374 g/mol. The van der Waals surface area contributed by atoms with E-state index in [9.17, 15) is 8.42 Å². The molecule has 0 amide bonds. The summed E-state index contributed by atoms with van der Waals surface area (Å²) in [6.45, 7) is 2.63. The predicted octanol–water partition coefficient (Wildman–Crippen LogP) is 5.14. The standard InChI is InChI=1S/C18H38O3S.K.H/c1-2-3-4-5-6-7-8-9-10-11-12-13-14-15-16-17-18-21-22(19)20;;/h22H,2-18H2,1H3;;. The first-order chi connectivity index (χ1) is 10.8. The molecule has 0 heterocycles. The molecule has 0 aliphatic heterocycles. The Morgan fingerprint density at radius 1 is 0.565 bits per heavy atom. The molecule has 0 aromatic rings. The summed E-state index contributed by atoms with van der Waals surface area (Å²) in [5.74, 6) is 0. The molecule has 5 heteroatoms. The van der Waals surface area contributed by atoms with Crippen molar-refractivity contribution in [3.8, 4) is 0 Å². The van der Waals surface area contributed by atoms with E-state index in [-0.39, 0.29) is 51.4 Å². The van der Waals surface area contributed by atoms with Crippen molar-refractivity contribution in [1.82, 2.24) is 0 Å². The second-order valence-corrected chi connectivity index (χ2v) is 7.07. The Labute approximate surface area is 189 Å². The topological polar surface area (TPSA) is 43.4 Å². The molecule has 0 rings (SSSR count). The fourth-order valence-electron chi connectivity index (χ4n) is 2.79. The average molecular weight is 375 g/mol. The quantitative estimate of drug-likeness (QED) is 0.205. The van der Waals surface area contributed by atoms with Crippen LogP contribution in [-0.4, -0.2) is 66.4 Å². The van der Waals surface area contributed by atoms with Crippen molar-refractivity contribution in [2.24, 2.45) is 0 Å². The molecular weight excluding hydrogens is 335 g/mol. The normalized spacial score (nSPS) is 10.9. The van der Waals surface area contributed by atoms with Crippen molar-refractivity contribution in [2.75, 3.05) is 6.61 Å². The molecule has 0 saturated carbocycles. The van der Waals surface area contributed by atoms with Gasteiger partial charge in [0.2, 0.25) is 0 Å². The number of rotatable bonds is 18. The first-order valence-corrected chi connectivity index (χ1v) is 10.6. The van der Waals surface area contributed by atoms with Gasteiger partial charge in [-0.25, -0.2) is 8.42 Å². The third kappa shape index (κ3) is 25.9. The molecule has 0 aliphatic carbocycles. The minimum absolute atomic E-state index is 0. The molecule has 0 aliphatic rings. The summed E-state index contributed by atoms with van der Waals surface area (Å²) in [4.78, 5) is 0. The summed E-state index contributed by atoms with van der Waals surface area (Å²) in [7, 11) is -2.64. The Bertz CT molecular complexity index is 275. The zero-order valence-electron chi connectivity index (χ0n) is 14.7. The molecule has 3 nitrogen and oxygen atoms in total. The van der Waals surface area contributed by atoms with Gasteiger partial charge in [-0.05, 0) is 6.42 Å². The fraction of sp³-hybridized carbons (Fsp3) is 1.00. The zero-order chi connectivity index (χ0) is 16.3. The predicted molar refractivity (Wildman–Crippen MR) is 103 cm³/mol. The molecular formula is C18H39KO3S. The summed E-state index contributed by atoms with van der Waals surface area (Å²) in [5.41, 5.74) is 0. The molecule has 0 saturated heterocycles. The maximum atomic E-state index is 10.2. The Kier molecular flexibility index (Phi) is 27.4. The SMILES string of the molecule is CCCCCCCCCCCCCCCCCCO[SH](=O)=O.[KH]. The van der Waals surface area contributed by atoms with Crippen LogP contribution in [0.15, 0.2) is 0 Å². The molecule has 0 N–H and O–H groups in total. The number of thiol groups is 1. The molecule has 0 atom stereocenters. The van der Waals surface area contributed by atoms with Crippen LogP contribution in [0, 0.1) is 0 Å². The number of hydrogen-bond acceptors (Lipinski definition) is 3. The first kappa shape index (κ1) is 26.8. The Hall–Kier alpha value is 1.55. The van der Waals surface area contributed by atoms with Crippen LogP contribution in [0.3, 0.4) is 0 Å². The van der Waals surface area contributed by atoms with Crippen molar-refractivity contribution in [2.45, 2.75) is 110 Å². The van der Waals surface area contributed by atoms with E-state index in [1.807, 2.05) is 0 Å². The summed E-state index contributed by atoms with van der Waals surface area (Å²) >= 11 is 0. The van der Waals surface area contributed by atoms with E-state index in [2.05, 4.69) is 11.1 Å². The summed E-state index contributed by atoms with van der Waals surface area (Å²) in [6, 6.07) is 0. The second-order valence-electron chi connectivity index (χ2n) is 6.36. The Balaban J connectivity index is 0. The summed E-state index contributed by atoms with van der Waals surface area (Å²) < 4.78 is 24.9. The maximum absolute atomic E-state index is 10.2. The molecule has 0 aromatic carbocycles. The van der Waals surface area contributed by atoms with Crippen LogP contribution in [0.25, 0.3) is 0 Å². The third-order valence-electron chi connectivity index (χ3n) is 4.19. The van der Waals surface area contributed by atoms with Gasteiger partial charge in [0, 0.05) is 0 Å². The fourth-order valence-corrected chi connectivity index (χ4v) is 3.07. The third-order valence-corrected chi connectivity index (χ3v) is 4.59. The summed E-state index contributed by atoms with van der Waals surface area (Å²) in [5, 5.41) is 0. The number of hydrogen-bond donors (Lipinski definition) is 1. The van der Waals surface area contributed by atoms with Crippen molar-refractivity contribution < 1.29 is 12.6 Å². The van der Waals surface area contributed by atoms with E-state index in [4.69, 9.17) is 0 Å². The van der Waals surface area contributed by atoms with Crippen LogP contribution in [0.1, 0.15) is 110 Å². The molecule has 136 valence electrons. The molecule has 23 heavy (non-hydrogen) atoms. The van der Waals surface area contributed by atoms with Gasteiger partial charge in [-0.15, -0.1) is 0 Å². The minimum atomic E-state index is -2.64. The van der Waals surface area contributed by atoms with Crippen molar-refractivity contribution in [3.05, 3.63) is 0 Å². The van der Waals surface area contributed by atoms with Gasteiger partial charge in [0.05, 0.1) is 6.61 Å². The summed E-state index contributed by atoms with van der Waals surface area (Å²) in [6.07, 6.45) is 21.2. The molecule has 0 fully saturated rings. The van der Waals surface area contributed by atoms with Gasteiger partial charge in [0.15, 0.2) is 0 Å². The van der Waals surface area contributed by atoms with Crippen LogP contribution in [0.4, 0.5) is 0 Å². The first-order valence-electron chi connectivity index (χ1n) is 9.54. The molecule has 0 bridgehead atoms. The molecule has 0 spiro atoms. The van der Waals surface area contributed by atoms with Gasteiger partial charge in [0.25, 0.3) is 11.0 Å². The van der Waals surface area contributed by atoms with Gasteiger partial charge < -0.3 is 0 Å².